The van der Waals surface area contributed by atoms with Crippen molar-refractivity contribution < 1.29 is 13.2 Å². The number of hydrogen-bond donors (Lipinski definition) is 1. The van der Waals surface area contributed by atoms with Gasteiger partial charge in [-0.05, 0) is 36.2 Å². The topological polar surface area (TPSA) is 55.4 Å². The summed E-state index contributed by atoms with van der Waals surface area (Å²) in [5.41, 5.74) is 1.46. The van der Waals surface area contributed by atoms with E-state index in [1.807, 2.05) is 44.2 Å². The van der Waals surface area contributed by atoms with Gasteiger partial charge in [0.05, 0.1) is 12.0 Å². The number of benzene rings is 2. The van der Waals surface area contributed by atoms with E-state index < -0.39 is 10.0 Å². The second kappa shape index (κ2) is 6.72. The van der Waals surface area contributed by atoms with E-state index >= 15 is 0 Å². The zero-order valence-electron chi connectivity index (χ0n) is 14.0. The van der Waals surface area contributed by atoms with Crippen molar-refractivity contribution in [2.75, 3.05) is 13.7 Å². The van der Waals surface area contributed by atoms with Crippen molar-refractivity contribution in [2.24, 2.45) is 0 Å². The molecule has 5 heteroatoms. The van der Waals surface area contributed by atoms with Crippen LogP contribution in [0.1, 0.15) is 25.0 Å². The molecule has 0 aromatic heterocycles. The highest BCUT2D eigenvalue weighted by atomic mass is 32.2. The Morgan fingerprint density at radius 2 is 1.74 bits per heavy atom. The molecule has 0 saturated carbocycles. The summed E-state index contributed by atoms with van der Waals surface area (Å²) in [6, 6.07) is 14.8. The van der Waals surface area contributed by atoms with Crippen molar-refractivity contribution in [3.63, 3.8) is 0 Å². The van der Waals surface area contributed by atoms with Gasteiger partial charge >= 0.3 is 0 Å². The average molecular weight is 333 g/mol. The van der Waals surface area contributed by atoms with Crippen molar-refractivity contribution in [1.82, 2.24) is 4.72 Å². The number of aryl methyl sites for hydroxylation is 1. The van der Waals surface area contributed by atoms with Gasteiger partial charge in [0.25, 0.3) is 0 Å². The molecular formula is C18H23NO3S. The third-order valence-corrected chi connectivity index (χ3v) is 5.49. The molecule has 0 unspecified atom stereocenters. The smallest absolute Gasteiger partial charge is 0.240 e. The first-order chi connectivity index (χ1) is 10.8. The number of ether oxygens (including phenoxy) is 1. The van der Waals surface area contributed by atoms with Gasteiger partial charge in [0, 0.05) is 12.0 Å². The predicted molar refractivity (Wildman–Crippen MR) is 92.4 cm³/mol. The Morgan fingerprint density at radius 3 is 2.30 bits per heavy atom. The van der Waals surface area contributed by atoms with Crippen LogP contribution >= 0.6 is 0 Å². The highest BCUT2D eigenvalue weighted by molar-refractivity contribution is 7.89. The number of rotatable bonds is 6. The molecule has 0 spiro atoms. The molecule has 0 amide bonds. The minimum Gasteiger partial charge on any atom is -0.497 e. The van der Waals surface area contributed by atoms with Gasteiger partial charge in [0.1, 0.15) is 5.75 Å². The molecule has 0 bridgehead atoms. The zero-order valence-corrected chi connectivity index (χ0v) is 14.8. The number of nitrogens with one attached hydrogen (secondary N) is 1. The molecule has 2 aromatic carbocycles. The van der Waals surface area contributed by atoms with Crippen LogP contribution in [0.3, 0.4) is 0 Å². The lowest BCUT2D eigenvalue weighted by atomic mass is 9.85. The summed E-state index contributed by atoms with van der Waals surface area (Å²) in [6.07, 6.45) is 0. The first-order valence-corrected chi connectivity index (χ1v) is 8.94. The maximum absolute atomic E-state index is 12.6. The number of sulfonamides is 1. The van der Waals surface area contributed by atoms with E-state index in [4.69, 9.17) is 4.74 Å². The highest BCUT2D eigenvalue weighted by Crippen LogP contribution is 2.24. The summed E-state index contributed by atoms with van der Waals surface area (Å²) in [7, 11) is -2.00. The van der Waals surface area contributed by atoms with Gasteiger partial charge in [-0.15, -0.1) is 0 Å². The monoisotopic (exact) mass is 333 g/mol. The lowest BCUT2D eigenvalue weighted by Crippen LogP contribution is -2.36. The molecule has 0 aliphatic carbocycles. The molecule has 1 N–H and O–H groups in total. The van der Waals surface area contributed by atoms with E-state index in [0.29, 0.717) is 17.9 Å². The van der Waals surface area contributed by atoms with Crippen molar-refractivity contribution in [3.05, 3.63) is 59.7 Å². The van der Waals surface area contributed by atoms with Crippen molar-refractivity contribution in [3.8, 4) is 5.75 Å². The Kier molecular flexibility index (Phi) is 5.12. The van der Waals surface area contributed by atoms with E-state index in [1.165, 1.54) is 0 Å². The van der Waals surface area contributed by atoms with E-state index in [0.717, 1.165) is 5.56 Å². The first-order valence-electron chi connectivity index (χ1n) is 7.46. The van der Waals surface area contributed by atoms with Crippen LogP contribution < -0.4 is 9.46 Å². The minimum atomic E-state index is -3.56. The molecule has 23 heavy (non-hydrogen) atoms. The Bertz CT molecular complexity index is 768. The van der Waals surface area contributed by atoms with E-state index in [2.05, 4.69) is 4.72 Å². The Balaban J connectivity index is 2.19. The normalized spacial score (nSPS) is 12.2. The molecule has 0 atom stereocenters. The van der Waals surface area contributed by atoms with Gasteiger partial charge in [0.2, 0.25) is 10.0 Å². The van der Waals surface area contributed by atoms with E-state index in [9.17, 15) is 8.42 Å². The molecule has 0 saturated heterocycles. The molecule has 2 rings (SSSR count). The Labute approximate surface area is 138 Å². The summed E-state index contributed by atoms with van der Waals surface area (Å²) >= 11 is 0. The van der Waals surface area contributed by atoms with Gasteiger partial charge in [-0.2, -0.15) is 0 Å². The summed E-state index contributed by atoms with van der Waals surface area (Å²) < 4.78 is 33.0. The van der Waals surface area contributed by atoms with E-state index in [-0.39, 0.29) is 10.3 Å². The molecule has 0 aliphatic heterocycles. The fraction of sp³-hybridized carbons (Fsp3) is 0.333. The van der Waals surface area contributed by atoms with Gasteiger partial charge < -0.3 is 4.74 Å². The fourth-order valence-electron chi connectivity index (χ4n) is 2.39. The fourth-order valence-corrected chi connectivity index (χ4v) is 3.83. The SMILES string of the molecule is COc1ccc(S(=O)(=O)NCC(C)(C)c2ccccc2)c(C)c1. The first kappa shape index (κ1) is 17.5. The summed E-state index contributed by atoms with van der Waals surface area (Å²) in [5.74, 6) is 0.645. The largest absolute Gasteiger partial charge is 0.497 e. The van der Waals surface area contributed by atoms with Crippen molar-refractivity contribution >= 4 is 10.0 Å². The molecule has 124 valence electrons. The lowest BCUT2D eigenvalue weighted by Gasteiger charge is -2.25. The molecule has 4 nitrogen and oxygen atoms in total. The molecule has 0 aliphatic rings. The molecular weight excluding hydrogens is 310 g/mol. The minimum absolute atomic E-state index is 0.280. The maximum atomic E-state index is 12.6. The molecule has 0 fully saturated rings. The van der Waals surface area contributed by atoms with Gasteiger partial charge in [0.15, 0.2) is 0 Å². The van der Waals surface area contributed by atoms with Crippen LogP contribution in [0.15, 0.2) is 53.4 Å². The van der Waals surface area contributed by atoms with Gasteiger partial charge in [-0.1, -0.05) is 44.2 Å². The summed E-state index contributed by atoms with van der Waals surface area (Å²) in [5, 5.41) is 0. The molecule has 0 radical (unpaired) electrons. The average Bonchev–Trinajstić information content (AvgIpc) is 2.53. The van der Waals surface area contributed by atoms with Crippen LogP contribution in [0.25, 0.3) is 0 Å². The van der Waals surface area contributed by atoms with Crippen molar-refractivity contribution in [1.29, 1.82) is 0 Å². The third kappa shape index (κ3) is 4.12. The lowest BCUT2D eigenvalue weighted by molar-refractivity contribution is 0.414. The molecule has 2 aromatic rings. The standard InChI is InChI=1S/C18H23NO3S/c1-14-12-16(22-4)10-11-17(14)23(20,21)19-13-18(2,3)15-8-6-5-7-9-15/h5-12,19H,13H2,1-4H3. The quantitative estimate of drug-likeness (QED) is 0.883. The van der Waals surface area contributed by atoms with E-state index in [1.54, 1.807) is 32.2 Å². The Morgan fingerprint density at radius 1 is 1.09 bits per heavy atom. The van der Waals surface area contributed by atoms with Crippen LogP contribution in [-0.2, 0) is 15.4 Å². The number of hydrogen-bond acceptors (Lipinski definition) is 3. The molecule has 0 heterocycles. The highest BCUT2D eigenvalue weighted by Gasteiger charge is 2.25. The van der Waals surface area contributed by atoms with Gasteiger partial charge in [-0.3, -0.25) is 0 Å². The Hall–Kier alpha value is -1.85. The van der Waals surface area contributed by atoms with Crippen LogP contribution in [0, 0.1) is 6.92 Å². The second-order valence-electron chi connectivity index (χ2n) is 6.21. The summed E-state index contributed by atoms with van der Waals surface area (Å²) in [6.45, 7) is 6.13. The van der Waals surface area contributed by atoms with Crippen LogP contribution in [0.5, 0.6) is 5.75 Å². The number of methoxy groups -OCH3 is 1. The van der Waals surface area contributed by atoms with Crippen molar-refractivity contribution in [2.45, 2.75) is 31.1 Å². The zero-order chi connectivity index (χ0) is 17.1. The second-order valence-corrected chi connectivity index (χ2v) is 7.94. The maximum Gasteiger partial charge on any atom is 0.240 e. The predicted octanol–water partition coefficient (Wildman–Crippen LogP) is 3.26. The summed E-state index contributed by atoms with van der Waals surface area (Å²) in [4.78, 5) is 0.280. The van der Waals surface area contributed by atoms with Crippen LogP contribution in [-0.4, -0.2) is 22.1 Å². The third-order valence-electron chi connectivity index (χ3n) is 3.93. The van der Waals surface area contributed by atoms with Gasteiger partial charge in [-0.25, -0.2) is 13.1 Å². The van der Waals surface area contributed by atoms with Crippen LogP contribution in [0.2, 0.25) is 0 Å². The van der Waals surface area contributed by atoms with Crippen LogP contribution in [0.4, 0.5) is 0 Å².